The Morgan fingerprint density at radius 1 is 0.783 bits per heavy atom. The predicted molar refractivity (Wildman–Crippen MR) is 95.4 cm³/mol. The van der Waals surface area contributed by atoms with Gasteiger partial charge in [0.25, 0.3) is 0 Å². The molecule has 0 spiro atoms. The molecule has 0 aliphatic rings. The average molecular weight is 297 g/mol. The van der Waals surface area contributed by atoms with Crippen molar-refractivity contribution in [1.29, 1.82) is 0 Å². The molecule has 4 aromatic rings. The van der Waals surface area contributed by atoms with Crippen molar-refractivity contribution >= 4 is 33.2 Å². The Kier molecular flexibility index (Phi) is 3.31. The molecular formula is C20H15N3. The van der Waals surface area contributed by atoms with Gasteiger partial charge >= 0.3 is 0 Å². The first-order chi connectivity index (χ1) is 11.3. The van der Waals surface area contributed by atoms with Crippen molar-refractivity contribution < 1.29 is 0 Å². The van der Waals surface area contributed by atoms with Gasteiger partial charge in [-0.3, -0.25) is 9.98 Å². The molecule has 0 aliphatic carbocycles. The van der Waals surface area contributed by atoms with Gasteiger partial charge in [-0.2, -0.15) is 0 Å². The van der Waals surface area contributed by atoms with Crippen LogP contribution in [0.5, 0.6) is 0 Å². The summed E-state index contributed by atoms with van der Waals surface area (Å²) < 4.78 is 0. The van der Waals surface area contributed by atoms with Crippen LogP contribution in [0.25, 0.3) is 21.8 Å². The summed E-state index contributed by atoms with van der Waals surface area (Å²) in [6.07, 6.45) is 1.81. The summed E-state index contributed by atoms with van der Waals surface area (Å²) in [6.45, 7) is 1.99. The highest BCUT2D eigenvalue weighted by Gasteiger charge is 2.06. The van der Waals surface area contributed by atoms with Crippen LogP contribution >= 0.6 is 0 Å². The van der Waals surface area contributed by atoms with Gasteiger partial charge in [-0.1, -0.05) is 42.5 Å². The van der Waals surface area contributed by atoms with Gasteiger partial charge in [-0.05, 0) is 31.2 Å². The fourth-order valence-corrected chi connectivity index (χ4v) is 2.68. The maximum atomic E-state index is 4.81. The molecule has 23 heavy (non-hydrogen) atoms. The van der Waals surface area contributed by atoms with Crippen molar-refractivity contribution in [2.45, 2.75) is 6.92 Å². The molecule has 0 aliphatic heterocycles. The summed E-state index contributed by atoms with van der Waals surface area (Å²) >= 11 is 0. The summed E-state index contributed by atoms with van der Waals surface area (Å²) in [5.74, 6) is 0. The lowest BCUT2D eigenvalue weighted by Gasteiger charge is -2.05. The molecule has 0 amide bonds. The standard InChI is InChI=1S/C20H15N3/c1-14(22-17-7-3-2-4-8-17)18-12-11-16-10-9-15-6-5-13-21-19(15)20(16)23-18/h2-13H,1H3. The van der Waals surface area contributed by atoms with Gasteiger partial charge in [0.05, 0.1) is 28.1 Å². The Bertz CT molecular complexity index is 1020. The van der Waals surface area contributed by atoms with Crippen LogP contribution < -0.4 is 0 Å². The molecular weight excluding hydrogens is 282 g/mol. The Morgan fingerprint density at radius 2 is 1.52 bits per heavy atom. The monoisotopic (exact) mass is 297 g/mol. The first kappa shape index (κ1) is 13.6. The number of rotatable bonds is 2. The largest absolute Gasteiger partial charge is 0.254 e. The van der Waals surface area contributed by atoms with E-state index in [0.29, 0.717) is 0 Å². The van der Waals surface area contributed by atoms with Crippen LogP contribution in [0, 0.1) is 0 Å². The van der Waals surface area contributed by atoms with Crippen LogP contribution in [-0.4, -0.2) is 15.7 Å². The smallest absolute Gasteiger partial charge is 0.0972 e. The average Bonchev–Trinajstić information content (AvgIpc) is 2.62. The first-order valence-corrected chi connectivity index (χ1v) is 7.56. The van der Waals surface area contributed by atoms with Crippen LogP contribution in [0.3, 0.4) is 0 Å². The topological polar surface area (TPSA) is 38.1 Å². The second kappa shape index (κ2) is 5.61. The Morgan fingerprint density at radius 3 is 2.35 bits per heavy atom. The van der Waals surface area contributed by atoms with E-state index in [1.807, 2.05) is 49.4 Å². The van der Waals surface area contributed by atoms with Crippen LogP contribution in [0.1, 0.15) is 12.6 Å². The van der Waals surface area contributed by atoms with E-state index in [0.717, 1.165) is 38.9 Å². The van der Waals surface area contributed by atoms with E-state index in [-0.39, 0.29) is 0 Å². The fraction of sp³-hybridized carbons (Fsp3) is 0.0500. The van der Waals surface area contributed by atoms with Crippen molar-refractivity contribution in [2.75, 3.05) is 0 Å². The van der Waals surface area contributed by atoms with Crippen molar-refractivity contribution in [2.24, 2.45) is 4.99 Å². The van der Waals surface area contributed by atoms with Gasteiger partial charge in [0.2, 0.25) is 0 Å². The number of hydrogen-bond acceptors (Lipinski definition) is 3. The molecule has 3 heteroatoms. The zero-order valence-electron chi connectivity index (χ0n) is 12.8. The van der Waals surface area contributed by atoms with Crippen LogP contribution in [0.2, 0.25) is 0 Å². The molecule has 0 unspecified atom stereocenters. The summed E-state index contributed by atoms with van der Waals surface area (Å²) in [7, 11) is 0. The third kappa shape index (κ3) is 2.57. The SMILES string of the molecule is CC(=Nc1ccccc1)c1ccc2ccc3cccnc3c2n1. The fourth-order valence-electron chi connectivity index (χ4n) is 2.68. The Labute approximate surface area is 134 Å². The lowest BCUT2D eigenvalue weighted by Crippen LogP contribution is -1.99. The highest BCUT2D eigenvalue weighted by Crippen LogP contribution is 2.22. The van der Waals surface area contributed by atoms with Gasteiger partial charge in [0, 0.05) is 17.0 Å². The maximum Gasteiger partial charge on any atom is 0.0972 e. The van der Waals surface area contributed by atoms with E-state index < -0.39 is 0 Å². The third-order valence-corrected chi connectivity index (χ3v) is 3.86. The number of para-hydroxylation sites is 1. The molecule has 0 N–H and O–H groups in total. The molecule has 0 bridgehead atoms. The number of aromatic nitrogens is 2. The molecule has 0 atom stereocenters. The molecule has 2 aromatic carbocycles. The number of hydrogen-bond donors (Lipinski definition) is 0. The second-order valence-corrected chi connectivity index (χ2v) is 5.44. The van der Waals surface area contributed by atoms with E-state index >= 15 is 0 Å². The summed E-state index contributed by atoms with van der Waals surface area (Å²) in [5.41, 5.74) is 4.55. The number of fused-ring (bicyclic) bond motifs is 3. The van der Waals surface area contributed by atoms with Gasteiger partial charge in [0.15, 0.2) is 0 Å². The van der Waals surface area contributed by atoms with Crippen molar-refractivity contribution in [3.05, 3.63) is 78.6 Å². The summed E-state index contributed by atoms with van der Waals surface area (Å²) in [4.78, 5) is 13.9. The van der Waals surface area contributed by atoms with E-state index in [1.165, 1.54) is 0 Å². The maximum absolute atomic E-state index is 4.81. The number of nitrogens with zero attached hydrogens (tertiary/aromatic N) is 3. The lowest BCUT2D eigenvalue weighted by atomic mass is 10.1. The van der Waals surface area contributed by atoms with E-state index in [9.17, 15) is 0 Å². The van der Waals surface area contributed by atoms with Crippen LogP contribution in [-0.2, 0) is 0 Å². The zero-order valence-corrected chi connectivity index (χ0v) is 12.8. The molecule has 0 fully saturated rings. The zero-order chi connectivity index (χ0) is 15.6. The van der Waals surface area contributed by atoms with Crippen molar-refractivity contribution in [1.82, 2.24) is 9.97 Å². The van der Waals surface area contributed by atoms with E-state index in [1.54, 1.807) is 6.20 Å². The van der Waals surface area contributed by atoms with Crippen LogP contribution in [0.4, 0.5) is 5.69 Å². The quantitative estimate of drug-likeness (QED) is 0.389. The summed E-state index contributed by atoms with van der Waals surface area (Å²) in [5, 5.41) is 2.19. The van der Waals surface area contributed by atoms with E-state index in [2.05, 4.69) is 34.2 Å². The van der Waals surface area contributed by atoms with Gasteiger partial charge in [0.1, 0.15) is 0 Å². The molecule has 0 saturated carbocycles. The minimum absolute atomic E-state index is 0.875. The highest BCUT2D eigenvalue weighted by molar-refractivity contribution is 6.06. The Balaban J connectivity index is 1.88. The third-order valence-electron chi connectivity index (χ3n) is 3.86. The molecule has 0 radical (unpaired) electrons. The van der Waals surface area contributed by atoms with Gasteiger partial charge < -0.3 is 0 Å². The molecule has 3 nitrogen and oxygen atoms in total. The van der Waals surface area contributed by atoms with Gasteiger partial charge in [-0.25, -0.2) is 4.98 Å². The number of benzene rings is 2. The minimum Gasteiger partial charge on any atom is -0.254 e. The Hall–Kier alpha value is -3.07. The molecule has 2 heterocycles. The van der Waals surface area contributed by atoms with E-state index in [4.69, 9.17) is 4.98 Å². The lowest BCUT2D eigenvalue weighted by molar-refractivity contribution is 1.33. The molecule has 4 rings (SSSR count). The predicted octanol–water partition coefficient (Wildman–Crippen LogP) is 4.92. The van der Waals surface area contributed by atoms with Gasteiger partial charge in [-0.15, -0.1) is 0 Å². The minimum atomic E-state index is 0.875. The molecule has 110 valence electrons. The van der Waals surface area contributed by atoms with Crippen molar-refractivity contribution in [3.8, 4) is 0 Å². The first-order valence-electron chi connectivity index (χ1n) is 7.56. The van der Waals surface area contributed by atoms with Crippen molar-refractivity contribution in [3.63, 3.8) is 0 Å². The second-order valence-electron chi connectivity index (χ2n) is 5.44. The highest BCUT2D eigenvalue weighted by atomic mass is 14.8. The number of pyridine rings is 2. The molecule has 2 aromatic heterocycles. The normalized spacial score (nSPS) is 12.0. The molecule has 0 saturated heterocycles. The summed E-state index contributed by atoms with van der Waals surface area (Å²) in [6, 6.07) is 22.2. The number of aliphatic imine (C=N–C) groups is 1. The van der Waals surface area contributed by atoms with Crippen LogP contribution in [0.15, 0.2) is 77.9 Å².